The Morgan fingerprint density at radius 1 is 1.65 bits per heavy atom. The number of nitrogens with one attached hydrogen (secondary N) is 1. The molecule has 1 fully saturated rings. The van der Waals surface area contributed by atoms with Crippen molar-refractivity contribution in [3.63, 3.8) is 0 Å². The highest BCUT2D eigenvalue weighted by molar-refractivity contribution is 5.76. The van der Waals surface area contributed by atoms with Gasteiger partial charge in [0.1, 0.15) is 0 Å². The van der Waals surface area contributed by atoms with E-state index in [4.69, 9.17) is 0 Å². The molecule has 1 aliphatic rings. The first kappa shape index (κ1) is 14.3. The molecular weight excluding hydrogens is 264 g/mol. The predicted molar refractivity (Wildman–Crippen MR) is 71.6 cm³/mol. The van der Waals surface area contributed by atoms with Crippen LogP contribution in [0.15, 0.2) is 0 Å². The first-order valence-corrected chi connectivity index (χ1v) is 6.45. The molecule has 2 atom stereocenters. The maximum absolute atomic E-state index is 11.4. The number of carboxylic acids is 1. The smallest absolute Gasteiger partial charge is 0.406 e. The SMILES string of the molecule is Cc1nc([N+](=O)[O-])c(NC2CCCC2(C)C(=O)O)n1C. The van der Waals surface area contributed by atoms with Gasteiger partial charge in [0, 0.05) is 20.0 Å². The molecule has 1 aromatic heterocycles. The zero-order chi connectivity index (χ0) is 15.1. The Morgan fingerprint density at radius 2 is 2.30 bits per heavy atom. The fourth-order valence-corrected chi connectivity index (χ4v) is 2.70. The number of hydrogen-bond acceptors (Lipinski definition) is 5. The average molecular weight is 282 g/mol. The van der Waals surface area contributed by atoms with Gasteiger partial charge < -0.3 is 20.5 Å². The Bertz CT molecular complexity index is 568. The van der Waals surface area contributed by atoms with E-state index in [0.717, 1.165) is 6.42 Å². The molecule has 1 aromatic rings. The van der Waals surface area contributed by atoms with Crippen molar-refractivity contribution in [1.82, 2.24) is 9.55 Å². The molecule has 0 bridgehead atoms. The molecule has 110 valence electrons. The first-order valence-electron chi connectivity index (χ1n) is 6.45. The van der Waals surface area contributed by atoms with Crippen molar-refractivity contribution in [2.75, 3.05) is 5.32 Å². The van der Waals surface area contributed by atoms with Crippen molar-refractivity contribution in [1.29, 1.82) is 0 Å². The molecule has 1 saturated carbocycles. The summed E-state index contributed by atoms with van der Waals surface area (Å²) >= 11 is 0. The summed E-state index contributed by atoms with van der Waals surface area (Å²) < 4.78 is 1.58. The van der Waals surface area contributed by atoms with Crippen LogP contribution in [0.4, 0.5) is 11.6 Å². The van der Waals surface area contributed by atoms with Crippen LogP contribution in [0.25, 0.3) is 0 Å². The molecule has 1 aliphatic carbocycles. The monoisotopic (exact) mass is 282 g/mol. The van der Waals surface area contributed by atoms with E-state index in [0.29, 0.717) is 18.7 Å². The van der Waals surface area contributed by atoms with E-state index >= 15 is 0 Å². The fourth-order valence-electron chi connectivity index (χ4n) is 2.70. The molecule has 0 spiro atoms. The number of carbonyl (C=O) groups is 1. The van der Waals surface area contributed by atoms with Gasteiger partial charge in [0.05, 0.1) is 5.41 Å². The summed E-state index contributed by atoms with van der Waals surface area (Å²) in [6, 6.07) is -0.339. The van der Waals surface area contributed by atoms with Gasteiger partial charge in [-0.25, -0.2) is 0 Å². The van der Waals surface area contributed by atoms with Gasteiger partial charge in [-0.1, -0.05) is 6.42 Å². The predicted octanol–water partition coefficient (Wildman–Crippen LogP) is 1.69. The van der Waals surface area contributed by atoms with Gasteiger partial charge >= 0.3 is 11.8 Å². The number of imidazole rings is 1. The van der Waals surface area contributed by atoms with Gasteiger partial charge in [-0.05, 0) is 29.7 Å². The largest absolute Gasteiger partial charge is 0.481 e. The number of carboxylic acid groups (broad SMARTS) is 1. The van der Waals surface area contributed by atoms with E-state index in [1.165, 1.54) is 0 Å². The summed E-state index contributed by atoms with van der Waals surface area (Å²) in [6.45, 7) is 3.35. The second-order valence-electron chi connectivity index (χ2n) is 5.46. The molecule has 2 N–H and O–H groups in total. The van der Waals surface area contributed by atoms with Crippen LogP contribution in [0.5, 0.6) is 0 Å². The quantitative estimate of drug-likeness (QED) is 0.642. The molecule has 20 heavy (non-hydrogen) atoms. The van der Waals surface area contributed by atoms with Crippen LogP contribution in [0.3, 0.4) is 0 Å². The van der Waals surface area contributed by atoms with Crippen LogP contribution < -0.4 is 5.32 Å². The maximum atomic E-state index is 11.4. The summed E-state index contributed by atoms with van der Waals surface area (Å²) in [4.78, 5) is 25.8. The van der Waals surface area contributed by atoms with Crippen molar-refractivity contribution in [3.05, 3.63) is 15.9 Å². The average Bonchev–Trinajstić information content (AvgIpc) is 2.86. The summed E-state index contributed by atoms with van der Waals surface area (Å²) in [7, 11) is 1.67. The summed E-state index contributed by atoms with van der Waals surface area (Å²) in [5.74, 6) is -0.361. The first-order chi connectivity index (χ1) is 9.27. The Kier molecular flexibility index (Phi) is 3.41. The Balaban J connectivity index is 2.35. The van der Waals surface area contributed by atoms with Crippen molar-refractivity contribution in [2.24, 2.45) is 12.5 Å². The summed E-state index contributed by atoms with van der Waals surface area (Å²) in [5.41, 5.74) is -0.911. The van der Waals surface area contributed by atoms with Crippen molar-refractivity contribution in [2.45, 2.75) is 39.2 Å². The molecule has 0 saturated heterocycles. The lowest BCUT2D eigenvalue weighted by Crippen LogP contribution is -2.40. The van der Waals surface area contributed by atoms with E-state index in [1.807, 2.05) is 0 Å². The molecule has 1 heterocycles. The molecular formula is C12H18N4O4. The number of aliphatic carboxylic acids is 1. The lowest BCUT2D eigenvalue weighted by molar-refractivity contribution is -0.388. The molecule has 0 aromatic carbocycles. The third-order valence-electron chi connectivity index (χ3n) is 4.23. The van der Waals surface area contributed by atoms with E-state index in [-0.39, 0.29) is 17.7 Å². The molecule has 2 rings (SSSR count). The molecule has 8 nitrogen and oxygen atoms in total. The Labute approximate surface area is 116 Å². The highest BCUT2D eigenvalue weighted by Gasteiger charge is 2.46. The zero-order valence-electron chi connectivity index (χ0n) is 11.7. The molecule has 2 unspecified atom stereocenters. The minimum atomic E-state index is -0.911. The third-order valence-corrected chi connectivity index (χ3v) is 4.23. The Hall–Kier alpha value is -2.12. The number of aryl methyl sites for hydroxylation is 1. The summed E-state index contributed by atoms with van der Waals surface area (Å²) in [6.07, 6.45) is 2.01. The standard InChI is InChI=1S/C12H18N4O4/c1-7-13-10(16(19)20)9(15(7)3)14-8-5-4-6-12(8,2)11(17)18/h8,14H,4-6H2,1-3H3,(H,17,18). The molecule has 0 aliphatic heterocycles. The van der Waals surface area contributed by atoms with E-state index in [9.17, 15) is 20.0 Å². The number of hydrogen-bond donors (Lipinski definition) is 2. The van der Waals surface area contributed by atoms with Crippen LogP contribution >= 0.6 is 0 Å². The minimum absolute atomic E-state index is 0.260. The summed E-state index contributed by atoms with van der Waals surface area (Å²) in [5, 5.41) is 23.4. The minimum Gasteiger partial charge on any atom is -0.481 e. The van der Waals surface area contributed by atoms with Gasteiger partial charge in [0.15, 0.2) is 0 Å². The second kappa shape index (κ2) is 4.77. The lowest BCUT2D eigenvalue weighted by atomic mass is 9.85. The number of nitro groups is 1. The second-order valence-corrected chi connectivity index (χ2v) is 5.46. The highest BCUT2D eigenvalue weighted by atomic mass is 16.6. The van der Waals surface area contributed by atoms with Crippen LogP contribution in [0, 0.1) is 22.5 Å². The molecule has 0 radical (unpaired) electrons. The number of aromatic nitrogens is 2. The maximum Gasteiger partial charge on any atom is 0.406 e. The number of nitrogens with zero attached hydrogens (tertiary/aromatic N) is 3. The van der Waals surface area contributed by atoms with Crippen LogP contribution in [0.1, 0.15) is 32.0 Å². The molecule has 0 amide bonds. The molecule has 8 heteroatoms. The van der Waals surface area contributed by atoms with Gasteiger partial charge in [-0.15, -0.1) is 0 Å². The van der Waals surface area contributed by atoms with Gasteiger partial charge in [0.25, 0.3) is 0 Å². The van der Waals surface area contributed by atoms with Crippen LogP contribution in [-0.2, 0) is 11.8 Å². The lowest BCUT2D eigenvalue weighted by Gasteiger charge is -2.28. The van der Waals surface area contributed by atoms with E-state index < -0.39 is 16.3 Å². The van der Waals surface area contributed by atoms with Crippen molar-refractivity contribution >= 4 is 17.6 Å². The topological polar surface area (TPSA) is 110 Å². The van der Waals surface area contributed by atoms with Gasteiger partial charge in [0.2, 0.25) is 11.6 Å². The van der Waals surface area contributed by atoms with E-state index in [2.05, 4.69) is 10.3 Å². The van der Waals surface area contributed by atoms with Gasteiger partial charge in [-0.2, -0.15) is 0 Å². The van der Waals surface area contributed by atoms with E-state index in [1.54, 1.807) is 25.5 Å². The zero-order valence-corrected chi connectivity index (χ0v) is 11.7. The number of anilines is 1. The highest BCUT2D eigenvalue weighted by Crippen LogP contribution is 2.41. The van der Waals surface area contributed by atoms with Crippen LogP contribution in [-0.4, -0.2) is 31.6 Å². The van der Waals surface area contributed by atoms with Crippen molar-refractivity contribution < 1.29 is 14.8 Å². The Morgan fingerprint density at radius 3 is 2.85 bits per heavy atom. The van der Waals surface area contributed by atoms with Crippen molar-refractivity contribution in [3.8, 4) is 0 Å². The van der Waals surface area contributed by atoms with Gasteiger partial charge in [-0.3, -0.25) is 9.36 Å². The number of rotatable bonds is 4. The normalized spacial score (nSPS) is 25.6. The third kappa shape index (κ3) is 2.10. The fraction of sp³-hybridized carbons (Fsp3) is 0.667. The van der Waals surface area contributed by atoms with Crippen LogP contribution in [0.2, 0.25) is 0 Å².